The third-order valence-corrected chi connectivity index (χ3v) is 7.63. The zero-order valence-corrected chi connectivity index (χ0v) is 21.3. The summed E-state index contributed by atoms with van der Waals surface area (Å²) in [5.41, 5.74) is 3.63. The number of fused-ring (bicyclic) bond motifs is 2. The van der Waals surface area contributed by atoms with Crippen LogP contribution >= 0.6 is 11.3 Å². The molecule has 0 spiro atoms. The highest BCUT2D eigenvalue weighted by molar-refractivity contribution is 7.15. The lowest BCUT2D eigenvalue weighted by Gasteiger charge is -2.18. The molecule has 0 saturated carbocycles. The zero-order chi connectivity index (χ0) is 25.9. The molecule has 1 aliphatic heterocycles. The maximum Gasteiger partial charge on any atom is 0.291 e. The van der Waals surface area contributed by atoms with E-state index in [0.717, 1.165) is 16.9 Å². The Balaban J connectivity index is 1.44. The van der Waals surface area contributed by atoms with Crippen LogP contribution in [0.4, 0.5) is 10.1 Å². The molecular weight excluding hydrogens is 487 g/mol. The minimum absolute atomic E-state index is 0.0269. The first-order chi connectivity index (χ1) is 17.7. The van der Waals surface area contributed by atoms with E-state index in [1.54, 1.807) is 18.2 Å². The van der Waals surface area contributed by atoms with E-state index in [1.807, 2.05) is 48.5 Å². The van der Waals surface area contributed by atoms with E-state index in [4.69, 9.17) is 0 Å². The van der Waals surface area contributed by atoms with Crippen molar-refractivity contribution in [2.24, 2.45) is 0 Å². The second-order valence-electron chi connectivity index (χ2n) is 10.1. The van der Waals surface area contributed by atoms with Crippen LogP contribution in [-0.4, -0.2) is 20.5 Å². The molecule has 0 bridgehead atoms. The smallest absolute Gasteiger partial charge is 0.291 e. The standard InChI is InChI=1S/C29H23FN4O2S/c1-29(2,3)19-14-12-17(13-15-19)25-31-28-34(32-25)27(36)24(37-28)23-20-9-5-7-11-22(20)33(26(23)35)16-18-8-4-6-10-21(18)30/h4-15H,16H2,1-3H3. The lowest BCUT2D eigenvalue weighted by molar-refractivity contribution is -0.113. The van der Waals surface area contributed by atoms with Crippen LogP contribution in [0.2, 0.25) is 0 Å². The van der Waals surface area contributed by atoms with E-state index >= 15 is 0 Å². The predicted octanol–water partition coefficient (Wildman–Crippen LogP) is 4.72. The molecule has 37 heavy (non-hydrogen) atoms. The van der Waals surface area contributed by atoms with Crippen LogP contribution in [0.1, 0.15) is 37.5 Å². The second kappa shape index (κ2) is 8.45. The van der Waals surface area contributed by atoms with Gasteiger partial charge in [0.1, 0.15) is 10.3 Å². The summed E-state index contributed by atoms with van der Waals surface area (Å²) in [6.45, 7) is 6.51. The summed E-state index contributed by atoms with van der Waals surface area (Å²) in [7, 11) is 0. The molecule has 0 atom stereocenters. The third-order valence-electron chi connectivity index (χ3n) is 6.60. The number of para-hydroxylation sites is 1. The van der Waals surface area contributed by atoms with Gasteiger partial charge in [0.2, 0.25) is 4.96 Å². The highest BCUT2D eigenvalue weighted by atomic mass is 32.1. The molecule has 1 amide bonds. The fourth-order valence-corrected chi connectivity index (χ4v) is 5.58. The Hall–Kier alpha value is -4.17. The number of carbonyl (C=O) groups excluding carboxylic acids is 1. The Morgan fingerprint density at radius 3 is 2.32 bits per heavy atom. The highest BCUT2D eigenvalue weighted by Crippen LogP contribution is 2.36. The van der Waals surface area contributed by atoms with E-state index in [-0.39, 0.29) is 28.2 Å². The molecule has 8 heteroatoms. The van der Waals surface area contributed by atoms with E-state index < -0.39 is 5.56 Å². The molecular formula is C29H23FN4O2S. The molecule has 3 heterocycles. The third kappa shape index (κ3) is 3.84. The molecule has 0 aliphatic carbocycles. The summed E-state index contributed by atoms with van der Waals surface area (Å²) < 4.78 is 15.9. The topological polar surface area (TPSA) is 67.6 Å². The van der Waals surface area contributed by atoms with Crippen molar-refractivity contribution in [3.05, 3.63) is 110 Å². The number of nitrogens with zero attached hydrogens (tertiary/aromatic N) is 4. The van der Waals surface area contributed by atoms with Crippen LogP contribution < -0.4 is 15.0 Å². The van der Waals surface area contributed by atoms with Crippen LogP contribution in [0.15, 0.2) is 77.6 Å². The number of hydrogen-bond donors (Lipinski definition) is 0. The van der Waals surface area contributed by atoms with Gasteiger partial charge in [0.15, 0.2) is 5.82 Å². The number of benzene rings is 3. The van der Waals surface area contributed by atoms with Crippen molar-refractivity contribution < 1.29 is 9.18 Å². The van der Waals surface area contributed by atoms with Gasteiger partial charge >= 0.3 is 0 Å². The van der Waals surface area contributed by atoms with Crippen molar-refractivity contribution in [3.63, 3.8) is 0 Å². The molecule has 0 fully saturated rings. The SMILES string of the molecule is CC(C)(C)c1ccc(-c2nc3sc(=C4C(=O)N(Cc5ccccc5F)c5ccccc54)c(=O)n3n2)cc1. The van der Waals surface area contributed by atoms with Gasteiger partial charge < -0.3 is 4.90 Å². The van der Waals surface area contributed by atoms with Crippen LogP contribution in [0, 0.1) is 5.82 Å². The van der Waals surface area contributed by atoms with E-state index in [9.17, 15) is 14.0 Å². The molecule has 0 unspecified atom stereocenters. The van der Waals surface area contributed by atoms with Crippen molar-refractivity contribution in [3.8, 4) is 11.4 Å². The van der Waals surface area contributed by atoms with Gasteiger partial charge in [-0.15, -0.1) is 5.10 Å². The van der Waals surface area contributed by atoms with Gasteiger partial charge in [0.25, 0.3) is 11.5 Å². The van der Waals surface area contributed by atoms with Crippen LogP contribution in [0.5, 0.6) is 0 Å². The largest absolute Gasteiger partial charge is 0.303 e. The molecule has 0 radical (unpaired) electrons. The molecule has 3 aromatic carbocycles. The number of rotatable bonds is 3. The summed E-state index contributed by atoms with van der Waals surface area (Å²) in [5.74, 6) is -0.267. The summed E-state index contributed by atoms with van der Waals surface area (Å²) in [6.07, 6.45) is 0. The predicted molar refractivity (Wildman–Crippen MR) is 143 cm³/mol. The minimum atomic E-state index is -0.393. The zero-order valence-electron chi connectivity index (χ0n) is 20.5. The van der Waals surface area contributed by atoms with E-state index in [2.05, 4.69) is 30.9 Å². The number of anilines is 1. The number of carbonyl (C=O) groups is 1. The van der Waals surface area contributed by atoms with Crippen molar-refractivity contribution in [1.82, 2.24) is 14.6 Å². The molecule has 2 aromatic heterocycles. The van der Waals surface area contributed by atoms with Crippen molar-refractivity contribution in [2.75, 3.05) is 4.90 Å². The maximum absolute atomic E-state index is 14.4. The van der Waals surface area contributed by atoms with Gasteiger partial charge in [-0.2, -0.15) is 9.50 Å². The van der Waals surface area contributed by atoms with Gasteiger partial charge in [-0.1, -0.05) is 92.8 Å². The Bertz CT molecular complexity index is 1800. The fraction of sp³-hybridized carbons (Fsp3) is 0.172. The first kappa shape index (κ1) is 23.2. The van der Waals surface area contributed by atoms with E-state index in [1.165, 1.54) is 21.0 Å². The van der Waals surface area contributed by atoms with Crippen LogP contribution in [0.3, 0.4) is 0 Å². The summed E-state index contributed by atoms with van der Waals surface area (Å²) in [6, 6.07) is 21.6. The van der Waals surface area contributed by atoms with Gasteiger partial charge in [0, 0.05) is 16.7 Å². The number of halogens is 1. The lowest BCUT2D eigenvalue weighted by atomic mass is 9.87. The monoisotopic (exact) mass is 510 g/mol. The molecule has 184 valence electrons. The van der Waals surface area contributed by atoms with Gasteiger partial charge in [-0.25, -0.2) is 4.39 Å². The Labute approximate surface area is 216 Å². The minimum Gasteiger partial charge on any atom is -0.303 e. The van der Waals surface area contributed by atoms with Crippen molar-refractivity contribution in [1.29, 1.82) is 0 Å². The Morgan fingerprint density at radius 2 is 1.62 bits per heavy atom. The van der Waals surface area contributed by atoms with Gasteiger partial charge in [-0.3, -0.25) is 9.59 Å². The van der Waals surface area contributed by atoms with Crippen LogP contribution in [-0.2, 0) is 16.8 Å². The molecule has 6 nitrogen and oxygen atoms in total. The number of amides is 1. The normalized spacial score (nSPS) is 15.0. The molecule has 6 rings (SSSR count). The molecule has 1 aliphatic rings. The first-order valence-electron chi connectivity index (χ1n) is 11.9. The molecule has 5 aromatic rings. The van der Waals surface area contributed by atoms with Crippen molar-refractivity contribution >= 4 is 33.5 Å². The fourth-order valence-electron chi connectivity index (χ4n) is 4.58. The van der Waals surface area contributed by atoms with Crippen LogP contribution in [0.25, 0.3) is 21.9 Å². The number of thiazole rings is 1. The summed E-state index contributed by atoms with van der Waals surface area (Å²) in [5, 5.41) is 4.46. The summed E-state index contributed by atoms with van der Waals surface area (Å²) >= 11 is 1.14. The molecule has 0 N–H and O–H groups in total. The number of aromatic nitrogens is 3. The van der Waals surface area contributed by atoms with Crippen molar-refractivity contribution in [2.45, 2.75) is 32.7 Å². The van der Waals surface area contributed by atoms with Gasteiger partial charge in [-0.05, 0) is 23.1 Å². The Morgan fingerprint density at radius 1 is 0.919 bits per heavy atom. The molecule has 0 saturated heterocycles. The number of hydrogen-bond acceptors (Lipinski definition) is 5. The highest BCUT2D eigenvalue weighted by Gasteiger charge is 2.34. The summed E-state index contributed by atoms with van der Waals surface area (Å²) in [4.78, 5) is 33.6. The maximum atomic E-state index is 14.4. The van der Waals surface area contributed by atoms with E-state index in [0.29, 0.717) is 33.2 Å². The average molecular weight is 511 g/mol. The second-order valence-corrected chi connectivity index (χ2v) is 11.0. The average Bonchev–Trinajstić information content (AvgIpc) is 3.51. The van der Waals surface area contributed by atoms with Gasteiger partial charge in [0.05, 0.1) is 17.8 Å². The quantitative estimate of drug-likeness (QED) is 0.352. The first-order valence-corrected chi connectivity index (χ1v) is 12.7. The lowest BCUT2D eigenvalue weighted by Crippen LogP contribution is -2.32. The Kier molecular flexibility index (Phi) is 5.31.